The van der Waals surface area contributed by atoms with Crippen molar-refractivity contribution >= 4 is 46.9 Å². The Morgan fingerprint density at radius 2 is 0.844 bits per heavy atom. The first-order chi connectivity index (χ1) is 20.9. The molecule has 19 heteroatoms. The SMILES string of the molecule is NCCN.NCCN.O=C(NCCO)C(=O)Nc1ccccc1C(=O)[O-].O=C(NCCO)C(=O)Nc1ccccc1C(=O)[O-].[Ni+2]. The van der Waals surface area contributed by atoms with Gasteiger partial charge >= 0.3 is 40.1 Å². The molecular formula is C26H38N8NiO10. The average molecular weight is 681 g/mol. The van der Waals surface area contributed by atoms with Crippen molar-refractivity contribution in [1.82, 2.24) is 10.6 Å². The number of rotatable bonds is 10. The predicted molar refractivity (Wildman–Crippen MR) is 155 cm³/mol. The van der Waals surface area contributed by atoms with E-state index in [1.54, 1.807) is 0 Å². The van der Waals surface area contributed by atoms with Crippen LogP contribution in [-0.4, -0.2) is 98.3 Å². The molecule has 0 aliphatic rings. The van der Waals surface area contributed by atoms with E-state index in [1.807, 2.05) is 0 Å². The number of aromatic carboxylic acids is 2. The first-order valence-electron chi connectivity index (χ1n) is 12.8. The fourth-order valence-electron chi connectivity index (χ4n) is 2.40. The summed E-state index contributed by atoms with van der Waals surface area (Å²) in [6, 6.07) is 11.1. The van der Waals surface area contributed by atoms with E-state index in [4.69, 9.17) is 33.1 Å². The van der Waals surface area contributed by atoms with Crippen molar-refractivity contribution < 1.29 is 65.7 Å². The number of hydrogen-bond donors (Lipinski definition) is 10. The van der Waals surface area contributed by atoms with Gasteiger partial charge in [0.2, 0.25) is 0 Å². The maximum Gasteiger partial charge on any atom is 2.00 e. The zero-order valence-corrected chi connectivity index (χ0v) is 25.0. The summed E-state index contributed by atoms with van der Waals surface area (Å²) in [6.07, 6.45) is 0. The molecule has 0 saturated carbocycles. The van der Waals surface area contributed by atoms with E-state index < -0.39 is 35.6 Å². The number of anilines is 2. The van der Waals surface area contributed by atoms with Crippen molar-refractivity contribution in [3.63, 3.8) is 0 Å². The molecule has 0 spiro atoms. The van der Waals surface area contributed by atoms with Crippen LogP contribution in [0.15, 0.2) is 48.5 Å². The number of benzene rings is 2. The van der Waals surface area contributed by atoms with Crippen LogP contribution in [-0.2, 0) is 35.7 Å². The molecule has 0 heterocycles. The number of hydrogen-bond acceptors (Lipinski definition) is 14. The first-order valence-corrected chi connectivity index (χ1v) is 12.8. The molecule has 2 rings (SSSR count). The maximum atomic E-state index is 11.4. The Labute approximate surface area is 268 Å². The van der Waals surface area contributed by atoms with E-state index in [1.165, 1.54) is 48.5 Å². The molecule has 0 fully saturated rings. The molecule has 0 bridgehead atoms. The van der Waals surface area contributed by atoms with Crippen molar-refractivity contribution in [3.05, 3.63) is 59.7 Å². The van der Waals surface area contributed by atoms with Gasteiger partial charge in [0.15, 0.2) is 0 Å². The molecule has 0 aliphatic heterocycles. The smallest absolute Gasteiger partial charge is 0.545 e. The molecule has 14 N–H and O–H groups in total. The van der Waals surface area contributed by atoms with Crippen LogP contribution >= 0.6 is 0 Å². The molecule has 252 valence electrons. The zero-order valence-electron chi connectivity index (χ0n) is 24.1. The monoisotopic (exact) mass is 680 g/mol. The van der Waals surface area contributed by atoms with E-state index in [2.05, 4.69) is 21.3 Å². The van der Waals surface area contributed by atoms with Crippen LogP contribution in [0, 0.1) is 0 Å². The summed E-state index contributed by atoms with van der Waals surface area (Å²) in [5.41, 5.74) is 19.1. The molecule has 0 aromatic heterocycles. The number of nitrogens with one attached hydrogen (secondary N) is 4. The number of aliphatic hydroxyl groups excluding tert-OH is 2. The molecular weight excluding hydrogens is 643 g/mol. The minimum atomic E-state index is -1.46. The Bertz CT molecular complexity index is 1110. The number of carboxylic acid groups (broad SMARTS) is 2. The summed E-state index contributed by atoms with van der Waals surface area (Å²) in [7, 11) is 0. The summed E-state index contributed by atoms with van der Waals surface area (Å²) in [6.45, 7) is 1.67. The number of carbonyl (C=O) groups is 6. The second-order valence-corrected chi connectivity index (χ2v) is 7.69. The first kappa shape index (κ1) is 44.9. The second-order valence-electron chi connectivity index (χ2n) is 7.69. The predicted octanol–water partition coefficient (Wildman–Crippen LogP) is -6.00. The fraction of sp³-hybridized carbons (Fsp3) is 0.308. The molecule has 0 aliphatic carbocycles. The minimum absolute atomic E-state index is 0. The number of nitrogens with two attached hydrogens (primary N) is 4. The zero-order chi connectivity index (χ0) is 33.9. The van der Waals surface area contributed by atoms with Crippen LogP contribution in [0.2, 0.25) is 0 Å². The summed E-state index contributed by atoms with van der Waals surface area (Å²) in [5, 5.41) is 47.0. The van der Waals surface area contributed by atoms with Crippen LogP contribution in [0.5, 0.6) is 0 Å². The molecule has 4 amide bonds. The van der Waals surface area contributed by atoms with Crippen LogP contribution in [0.25, 0.3) is 0 Å². The van der Waals surface area contributed by atoms with Gasteiger partial charge in [-0.3, -0.25) is 19.2 Å². The Hall–Kier alpha value is -4.49. The van der Waals surface area contributed by atoms with Crippen molar-refractivity contribution in [2.75, 3.05) is 63.1 Å². The summed E-state index contributed by atoms with van der Waals surface area (Å²) in [5.74, 6) is -6.87. The number of carboxylic acids is 2. The van der Waals surface area contributed by atoms with Gasteiger partial charge in [0.1, 0.15) is 0 Å². The third-order valence-corrected chi connectivity index (χ3v) is 4.33. The number of para-hydroxylation sites is 2. The molecule has 0 radical (unpaired) electrons. The quantitative estimate of drug-likeness (QED) is 0.0825. The molecule has 0 saturated heterocycles. The van der Waals surface area contributed by atoms with Gasteiger partial charge in [-0.05, 0) is 12.1 Å². The minimum Gasteiger partial charge on any atom is -0.545 e. The van der Waals surface area contributed by atoms with Gasteiger partial charge in [-0.1, -0.05) is 36.4 Å². The van der Waals surface area contributed by atoms with E-state index >= 15 is 0 Å². The van der Waals surface area contributed by atoms with Crippen molar-refractivity contribution in [3.8, 4) is 0 Å². The van der Waals surface area contributed by atoms with E-state index in [9.17, 15) is 39.0 Å². The second kappa shape index (κ2) is 28.3. The topological polar surface area (TPSA) is 341 Å². The molecule has 0 atom stereocenters. The Morgan fingerprint density at radius 1 is 0.556 bits per heavy atom. The summed E-state index contributed by atoms with van der Waals surface area (Å²) >= 11 is 0. The maximum absolute atomic E-state index is 11.4. The van der Waals surface area contributed by atoms with Crippen LogP contribution in [0.3, 0.4) is 0 Å². The third-order valence-electron chi connectivity index (χ3n) is 4.33. The standard InChI is InChI=1S/2C11H12N2O5.2C2H8N2.Ni/c2*14-6-5-12-9(15)10(16)13-8-4-2-1-3-7(8)11(17)18;2*3-1-2-4;/h2*1-4,14H,5-6H2,(H,12,15)(H,13,16)(H,17,18);2*1-4H2;/q;;;;+2/p-2. The van der Waals surface area contributed by atoms with Crippen molar-refractivity contribution in [1.29, 1.82) is 0 Å². The van der Waals surface area contributed by atoms with Gasteiger partial charge < -0.3 is 74.2 Å². The Kier molecular flexibility index (Phi) is 28.3. The van der Waals surface area contributed by atoms with Crippen molar-refractivity contribution in [2.24, 2.45) is 22.9 Å². The van der Waals surface area contributed by atoms with Crippen LogP contribution in [0.4, 0.5) is 11.4 Å². The normalized spacial score (nSPS) is 9.02. The number of amides is 4. The Morgan fingerprint density at radius 3 is 1.09 bits per heavy atom. The van der Waals surface area contributed by atoms with Gasteiger partial charge in [0.05, 0.1) is 36.5 Å². The van der Waals surface area contributed by atoms with E-state index in [0.29, 0.717) is 26.2 Å². The summed E-state index contributed by atoms with van der Waals surface area (Å²) in [4.78, 5) is 66.6. The number of aliphatic hydroxyl groups is 2. The molecule has 0 unspecified atom stereocenters. The molecule has 18 nitrogen and oxygen atoms in total. The molecule has 45 heavy (non-hydrogen) atoms. The number of carbonyl (C=O) groups excluding carboxylic acids is 6. The Balaban J connectivity index is -0.000000621. The van der Waals surface area contributed by atoms with E-state index in [0.717, 1.165) is 0 Å². The van der Waals surface area contributed by atoms with Gasteiger partial charge in [-0.25, -0.2) is 0 Å². The molecule has 2 aromatic carbocycles. The van der Waals surface area contributed by atoms with Gasteiger partial charge in [0, 0.05) is 50.4 Å². The van der Waals surface area contributed by atoms with Gasteiger partial charge in [-0.2, -0.15) is 0 Å². The van der Waals surface area contributed by atoms with Gasteiger partial charge in [-0.15, -0.1) is 0 Å². The van der Waals surface area contributed by atoms with Crippen LogP contribution in [0.1, 0.15) is 20.7 Å². The van der Waals surface area contributed by atoms with Gasteiger partial charge in [0.25, 0.3) is 0 Å². The summed E-state index contributed by atoms with van der Waals surface area (Å²) < 4.78 is 0. The average Bonchev–Trinajstić information content (AvgIpc) is 3.03. The van der Waals surface area contributed by atoms with Crippen molar-refractivity contribution in [2.45, 2.75) is 0 Å². The van der Waals surface area contributed by atoms with Crippen LogP contribution < -0.4 is 54.4 Å². The third kappa shape index (κ3) is 21.0. The molecule has 2 aromatic rings. The van der Waals surface area contributed by atoms with E-state index in [-0.39, 0.29) is 65.3 Å². The fourth-order valence-corrected chi connectivity index (χ4v) is 2.40. The largest absolute Gasteiger partial charge is 2.00 e.